The molecule has 4 rings (SSSR count). The van der Waals surface area contributed by atoms with E-state index in [0.29, 0.717) is 17.5 Å². The average Bonchev–Trinajstić information content (AvgIpc) is 2.74. The summed E-state index contributed by atoms with van der Waals surface area (Å²) in [7, 11) is 1.46. The number of rotatable bonds is 5. The Kier molecular flexibility index (Phi) is 5.54. The predicted octanol–water partition coefficient (Wildman–Crippen LogP) is 4.85. The first-order chi connectivity index (χ1) is 13.6. The van der Waals surface area contributed by atoms with E-state index >= 15 is 0 Å². The highest BCUT2D eigenvalue weighted by Gasteiger charge is 2.49. The van der Waals surface area contributed by atoms with Crippen LogP contribution in [0.3, 0.4) is 0 Å². The monoisotopic (exact) mass is 377 g/mol. The minimum atomic E-state index is -0.237. The number of piperidine rings is 1. The summed E-state index contributed by atoms with van der Waals surface area (Å²) in [5, 5.41) is 0. The van der Waals surface area contributed by atoms with Gasteiger partial charge in [0.1, 0.15) is 0 Å². The Bertz CT molecular complexity index is 818. The molecule has 3 nitrogen and oxygen atoms in total. The Labute approximate surface area is 168 Å². The summed E-state index contributed by atoms with van der Waals surface area (Å²) in [4.78, 5) is 14.8. The topological polar surface area (TPSA) is 29.5 Å². The molecule has 1 aliphatic carbocycles. The number of benzene rings is 2. The first-order valence-electron chi connectivity index (χ1n) is 10.6. The Hall–Kier alpha value is -2.13. The van der Waals surface area contributed by atoms with Gasteiger partial charge in [0.05, 0.1) is 12.7 Å². The normalized spacial score (nSPS) is 27.4. The number of esters is 1. The summed E-state index contributed by atoms with van der Waals surface area (Å²) in [5.74, 6) is 0.359. The lowest BCUT2D eigenvalue weighted by Gasteiger charge is -2.56. The molecule has 2 fully saturated rings. The molecule has 148 valence electrons. The van der Waals surface area contributed by atoms with Crippen molar-refractivity contribution in [3.63, 3.8) is 0 Å². The van der Waals surface area contributed by atoms with Gasteiger partial charge in [-0.05, 0) is 61.4 Å². The second-order valence-electron chi connectivity index (χ2n) is 8.50. The number of ether oxygens (including phenoxy) is 1. The number of hydrogen-bond acceptors (Lipinski definition) is 3. The zero-order valence-corrected chi connectivity index (χ0v) is 17.1. The highest BCUT2D eigenvalue weighted by atomic mass is 16.5. The van der Waals surface area contributed by atoms with Gasteiger partial charge in [0.25, 0.3) is 0 Å². The molecule has 0 N–H and O–H groups in total. The standard InChI is InChI=1S/C25H31NO2/c1-19-23-12-7-14-25(19,22-11-6-10-21(18-22)24(27)28-2)15-17-26(23)16-13-20-8-4-3-5-9-20/h3-6,8-11,18-19,23H,7,12-17H2,1-2H3/t19-,23?,25?/m0/s1. The fourth-order valence-electron chi connectivity index (χ4n) is 5.65. The van der Waals surface area contributed by atoms with E-state index in [1.807, 2.05) is 12.1 Å². The summed E-state index contributed by atoms with van der Waals surface area (Å²) < 4.78 is 4.95. The molecule has 1 saturated heterocycles. The van der Waals surface area contributed by atoms with Crippen LogP contribution in [0.15, 0.2) is 54.6 Å². The number of fused-ring (bicyclic) bond motifs is 2. The molecule has 0 amide bonds. The third-order valence-electron chi connectivity index (χ3n) is 7.27. The molecule has 1 saturated carbocycles. The van der Waals surface area contributed by atoms with Crippen molar-refractivity contribution in [2.75, 3.05) is 20.2 Å². The lowest BCUT2D eigenvalue weighted by atomic mass is 9.57. The van der Waals surface area contributed by atoms with Gasteiger partial charge in [-0.3, -0.25) is 4.90 Å². The molecule has 3 atom stereocenters. The van der Waals surface area contributed by atoms with Crippen LogP contribution < -0.4 is 0 Å². The van der Waals surface area contributed by atoms with Gasteiger partial charge in [-0.15, -0.1) is 0 Å². The molecule has 0 aromatic heterocycles. The van der Waals surface area contributed by atoms with Gasteiger partial charge in [-0.1, -0.05) is 55.8 Å². The summed E-state index contributed by atoms with van der Waals surface area (Å²) in [6.07, 6.45) is 6.06. The maximum atomic E-state index is 12.0. The van der Waals surface area contributed by atoms with Gasteiger partial charge in [-0.2, -0.15) is 0 Å². The van der Waals surface area contributed by atoms with E-state index in [0.717, 1.165) is 19.5 Å². The molecular weight excluding hydrogens is 346 g/mol. The van der Waals surface area contributed by atoms with Crippen LogP contribution in [0.4, 0.5) is 0 Å². The Morgan fingerprint density at radius 1 is 1.14 bits per heavy atom. The Morgan fingerprint density at radius 2 is 1.96 bits per heavy atom. The van der Waals surface area contributed by atoms with Crippen LogP contribution in [-0.4, -0.2) is 37.1 Å². The van der Waals surface area contributed by atoms with Gasteiger partial charge in [-0.25, -0.2) is 4.79 Å². The molecule has 0 spiro atoms. The van der Waals surface area contributed by atoms with E-state index in [9.17, 15) is 4.79 Å². The van der Waals surface area contributed by atoms with E-state index in [1.54, 1.807) is 0 Å². The van der Waals surface area contributed by atoms with E-state index in [2.05, 4.69) is 54.3 Å². The number of likely N-dealkylation sites (tertiary alicyclic amines) is 1. The first kappa shape index (κ1) is 19.2. The molecule has 1 heterocycles. The Balaban J connectivity index is 1.54. The van der Waals surface area contributed by atoms with E-state index < -0.39 is 0 Å². The second-order valence-corrected chi connectivity index (χ2v) is 8.50. The van der Waals surface area contributed by atoms with E-state index in [-0.39, 0.29) is 11.4 Å². The van der Waals surface area contributed by atoms with Crippen LogP contribution in [0, 0.1) is 5.92 Å². The van der Waals surface area contributed by atoms with Gasteiger partial charge in [0.15, 0.2) is 0 Å². The minimum Gasteiger partial charge on any atom is -0.465 e. The minimum absolute atomic E-state index is 0.191. The second kappa shape index (κ2) is 8.08. The fraction of sp³-hybridized carbons (Fsp3) is 0.480. The van der Waals surface area contributed by atoms with Crippen LogP contribution >= 0.6 is 0 Å². The van der Waals surface area contributed by atoms with Crippen molar-refractivity contribution in [2.45, 2.75) is 50.5 Å². The fourth-order valence-corrected chi connectivity index (χ4v) is 5.65. The summed E-state index contributed by atoms with van der Waals surface area (Å²) >= 11 is 0. The largest absolute Gasteiger partial charge is 0.465 e. The number of methoxy groups -OCH3 is 1. The lowest BCUT2D eigenvalue weighted by Crippen LogP contribution is -2.58. The van der Waals surface area contributed by atoms with Gasteiger partial charge < -0.3 is 4.74 Å². The number of carbonyl (C=O) groups is 1. The third-order valence-corrected chi connectivity index (χ3v) is 7.27. The predicted molar refractivity (Wildman–Crippen MR) is 113 cm³/mol. The summed E-state index contributed by atoms with van der Waals surface area (Å²) in [6, 6.07) is 19.7. The van der Waals surface area contributed by atoms with Crippen LogP contribution in [0.2, 0.25) is 0 Å². The van der Waals surface area contributed by atoms with Crippen LogP contribution in [-0.2, 0) is 16.6 Å². The van der Waals surface area contributed by atoms with Crippen molar-refractivity contribution in [3.8, 4) is 0 Å². The Morgan fingerprint density at radius 3 is 2.75 bits per heavy atom. The average molecular weight is 378 g/mol. The number of hydrogen-bond donors (Lipinski definition) is 0. The van der Waals surface area contributed by atoms with E-state index in [4.69, 9.17) is 4.74 Å². The van der Waals surface area contributed by atoms with Gasteiger partial charge >= 0.3 is 5.97 Å². The van der Waals surface area contributed by atoms with Crippen molar-refractivity contribution < 1.29 is 9.53 Å². The van der Waals surface area contributed by atoms with Crippen LogP contribution in [0.1, 0.15) is 54.1 Å². The van der Waals surface area contributed by atoms with Crippen molar-refractivity contribution >= 4 is 5.97 Å². The maximum Gasteiger partial charge on any atom is 0.337 e. The molecular formula is C25H31NO2. The van der Waals surface area contributed by atoms with Gasteiger partial charge in [0, 0.05) is 18.0 Å². The smallest absolute Gasteiger partial charge is 0.337 e. The highest BCUT2D eigenvalue weighted by molar-refractivity contribution is 5.89. The third kappa shape index (κ3) is 3.48. The molecule has 0 radical (unpaired) electrons. The quantitative estimate of drug-likeness (QED) is 0.698. The zero-order chi connectivity index (χ0) is 19.6. The first-order valence-corrected chi connectivity index (χ1v) is 10.6. The molecule has 3 heteroatoms. The van der Waals surface area contributed by atoms with Crippen molar-refractivity contribution in [1.29, 1.82) is 0 Å². The van der Waals surface area contributed by atoms with Gasteiger partial charge in [0.2, 0.25) is 0 Å². The zero-order valence-electron chi connectivity index (χ0n) is 17.1. The van der Waals surface area contributed by atoms with Crippen LogP contribution in [0.5, 0.6) is 0 Å². The summed E-state index contributed by atoms with van der Waals surface area (Å²) in [6.45, 7) is 4.71. The van der Waals surface area contributed by atoms with Crippen molar-refractivity contribution in [2.24, 2.45) is 5.92 Å². The molecule has 2 aliphatic rings. The lowest BCUT2D eigenvalue weighted by molar-refractivity contribution is -0.00239. The SMILES string of the molecule is COC(=O)c1cccc(C23CCCC([C@@H]2C)N(CCc2ccccc2)CC3)c1. The molecule has 1 aliphatic heterocycles. The van der Waals surface area contributed by atoms with Crippen molar-refractivity contribution in [3.05, 3.63) is 71.3 Å². The molecule has 2 unspecified atom stereocenters. The highest BCUT2D eigenvalue weighted by Crippen LogP contribution is 2.50. The molecule has 2 aromatic rings. The molecule has 2 bridgehead atoms. The maximum absolute atomic E-state index is 12.0. The number of carbonyl (C=O) groups excluding carboxylic acids is 1. The molecule has 28 heavy (non-hydrogen) atoms. The van der Waals surface area contributed by atoms with E-state index in [1.165, 1.54) is 43.9 Å². The molecule has 2 aromatic carbocycles. The number of nitrogens with zero attached hydrogens (tertiary/aromatic N) is 1. The van der Waals surface area contributed by atoms with Crippen LogP contribution in [0.25, 0.3) is 0 Å². The van der Waals surface area contributed by atoms with Crippen molar-refractivity contribution in [1.82, 2.24) is 4.90 Å². The summed E-state index contributed by atoms with van der Waals surface area (Å²) in [5.41, 5.74) is 3.62.